The van der Waals surface area contributed by atoms with Gasteiger partial charge in [-0.1, -0.05) is 18.2 Å². The van der Waals surface area contributed by atoms with E-state index in [1.807, 2.05) is 0 Å². The fraction of sp³-hybridized carbons (Fsp3) is 0.348. The van der Waals surface area contributed by atoms with E-state index >= 15 is 0 Å². The zero-order valence-electron chi connectivity index (χ0n) is 18.1. The van der Waals surface area contributed by atoms with Crippen molar-refractivity contribution in [1.82, 2.24) is 14.3 Å². The van der Waals surface area contributed by atoms with Gasteiger partial charge in [0, 0.05) is 54.1 Å². The van der Waals surface area contributed by atoms with E-state index in [2.05, 4.69) is 25.0 Å². The standard InChI is InChI=1S/C23H22FN5O3S2/c24-17-3-1-16(2-4-17)21-11-15(13-25)7-9-29(21)20-8-10-32-22-12-18(5-6-19(20)22)34(30,31)28-23-26-14-27-33-23/h1-6,12,14-15,20-21H,7-11H2,(H,26,27,28)/t15-,20?,21+/m0/s1. The zero-order valence-corrected chi connectivity index (χ0v) is 19.7. The molecule has 5 rings (SSSR count). The summed E-state index contributed by atoms with van der Waals surface area (Å²) in [7, 11) is -3.83. The Bertz CT molecular complexity index is 1310. The van der Waals surface area contributed by atoms with Crippen LogP contribution in [0.2, 0.25) is 0 Å². The summed E-state index contributed by atoms with van der Waals surface area (Å²) >= 11 is 0.958. The SMILES string of the molecule is N#C[C@H]1CCN(C2CCOc3cc(S(=O)(=O)Nc4ncns4)ccc32)[C@@H](c2ccc(F)cc2)C1. The first-order chi connectivity index (χ1) is 16.4. The van der Waals surface area contributed by atoms with Crippen LogP contribution in [0.5, 0.6) is 5.75 Å². The number of nitrogens with zero attached hydrogens (tertiary/aromatic N) is 4. The molecule has 0 spiro atoms. The fourth-order valence-electron chi connectivity index (χ4n) is 4.74. The van der Waals surface area contributed by atoms with Crippen molar-refractivity contribution in [3.63, 3.8) is 0 Å². The Labute approximate surface area is 201 Å². The maximum absolute atomic E-state index is 13.6. The molecular weight excluding hydrogens is 477 g/mol. The van der Waals surface area contributed by atoms with Gasteiger partial charge in [-0.15, -0.1) is 0 Å². The predicted octanol–water partition coefficient (Wildman–Crippen LogP) is 4.28. The molecule has 0 aliphatic carbocycles. The van der Waals surface area contributed by atoms with Gasteiger partial charge in [0.15, 0.2) is 0 Å². The highest BCUT2D eigenvalue weighted by atomic mass is 32.2. The lowest BCUT2D eigenvalue weighted by Gasteiger charge is -2.44. The van der Waals surface area contributed by atoms with E-state index in [9.17, 15) is 18.1 Å². The van der Waals surface area contributed by atoms with Crippen LogP contribution in [0.3, 0.4) is 0 Å². The maximum Gasteiger partial charge on any atom is 0.263 e. The minimum absolute atomic E-state index is 0.00804. The predicted molar refractivity (Wildman–Crippen MR) is 124 cm³/mol. The molecule has 2 aliphatic heterocycles. The van der Waals surface area contributed by atoms with Crippen LogP contribution in [0.25, 0.3) is 0 Å². The number of likely N-dealkylation sites (tertiary alicyclic amines) is 1. The zero-order chi connectivity index (χ0) is 23.7. The molecule has 3 heterocycles. The topological polar surface area (TPSA) is 108 Å². The maximum atomic E-state index is 13.6. The Morgan fingerprint density at radius 1 is 1.18 bits per heavy atom. The van der Waals surface area contributed by atoms with E-state index in [0.717, 1.165) is 35.5 Å². The highest BCUT2D eigenvalue weighted by Crippen LogP contribution is 2.45. The van der Waals surface area contributed by atoms with E-state index in [1.54, 1.807) is 30.3 Å². The molecule has 1 fully saturated rings. The van der Waals surface area contributed by atoms with E-state index in [-0.39, 0.29) is 33.8 Å². The van der Waals surface area contributed by atoms with Gasteiger partial charge >= 0.3 is 0 Å². The molecule has 34 heavy (non-hydrogen) atoms. The number of halogens is 1. The lowest BCUT2D eigenvalue weighted by Crippen LogP contribution is -2.41. The summed E-state index contributed by atoms with van der Waals surface area (Å²) in [6, 6.07) is 13.7. The second kappa shape index (κ2) is 9.29. The number of rotatable bonds is 5. The number of fused-ring (bicyclic) bond motifs is 1. The van der Waals surface area contributed by atoms with Gasteiger partial charge in [-0.25, -0.2) is 17.8 Å². The van der Waals surface area contributed by atoms with Gasteiger partial charge in [0.1, 0.15) is 17.9 Å². The molecule has 0 amide bonds. The number of hydrogen-bond acceptors (Lipinski definition) is 8. The molecule has 1 saturated heterocycles. The lowest BCUT2D eigenvalue weighted by atomic mass is 9.85. The Morgan fingerprint density at radius 3 is 2.74 bits per heavy atom. The number of nitrogens with one attached hydrogen (secondary N) is 1. The molecule has 8 nitrogen and oxygen atoms in total. The number of ether oxygens (including phenoxy) is 1. The molecule has 2 aliphatic rings. The molecule has 0 bridgehead atoms. The molecule has 11 heteroatoms. The molecule has 3 atom stereocenters. The van der Waals surface area contributed by atoms with Crippen molar-refractivity contribution in [3.05, 3.63) is 65.7 Å². The first-order valence-corrected chi connectivity index (χ1v) is 13.2. The molecule has 1 unspecified atom stereocenters. The van der Waals surface area contributed by atoms with E-state index < -0.39 is 10.0 Å². The third-order valence-electron chi connectivity index (χ3n) is 6.37. The van der Waals surface area contributed by atoms with Crippen molar-refractivity contribution in [2.45, 2.75) is 36.2 Å². The molecule has 1 N–H and O–H groups in total. The number of piperidine rings is 1. The van der Waals surface area contributed by atoms with Gasteiger partial charge in [0.05, 0.1) is 17.6 Å². The van der Waals surface area contributed by atoms with Crippen LogP contribution in [-0.2, 0) is 10.0 Å². The summed E-state index contributed by atoms with van der Waals surface area (Å²) in [5, 5.41) is 9.73. The van der Waals surface area contributed by atoms with Gasteiger partial charge in [-0.05, 0) is 36.6 Å². The van der Waals surface area contributed by atoms with Crippen LogP contribution in [0.4, 0.5) is 9.52 Å². The lowest BCUT2D eigenvalue weighted by molar-refractivity contribution is 0.0550. The minimum atomic E-state index is -3.83. The van der Waals surface area contributed by atoms with Crippen molar-refractivity contribution in [2.75, 3.05) is 17.9 Å². The number of sulfonamides is 1. The minimum Gasteiger partial charge on any atom is -0.493 e. The third kappa shape index (κ3) is 4.49. The normalized spacial score (nSPS) is 22.9. The van der Waals surface area contributed by atoms with Gasteiger partial charge in [-0.2, -0.15) is 9.64 Å². The number of nitriles is 1. The molecule has 0 radical (unpaired) electrons. The summed E-state index contributed by atoms with van der Waals surface area (Å²) in [6.45, 7) is 1.16. The largest absolute Gasteiger partial charge is 0.493 e. The van der Waals surface area contributed by atoms with Crippen LogP contribution in [-0.4, -0.2) is 35.8 Å². The summed E-state index contributed by atoms with van der Waals surface area (Å²) in [4.78, 5) is 6.30. The Balaban J connectivity index is 1.46. The second-order valence-electron chi connectivity index (χ2n) is 8.36. The highest BCUT2D eigenvalue weighted by molar-refractivity contribution is 7.93. The van der Waals surface area contributed by atoms with E-state index in [0.29, 0.717) is 25.3 Å². The van der Waals surface area contributed by atoms with Crippen molar-refractivity contribution in [3.8, 4) is 11.8 Å². The van der Waals surface area contributed by atoms with Crippen LogP contribution >= 0.6 is 11.5 Å². The van der Waals surface area contributed by atoms with Crippen LogP contribution < -0.4 is 9.46 Å². The monoisotopic (exact) mass is 499 g/mol. The smallest absolute Gasteiger partial charge is 0.263 e. The quantitative estimate of drug-likeness (QED) is 0.558. The molecule has 176 valence electrons. The van der Waals surface area contributed by atoms with Gasteiger partial charge < -0.3 is 4.74 Å². The Kier molecular flexibility index (Phi) is 6.20. The fourth-order valence-corrected chi connectivity index (χ4v) is 6.42. The average molecular weight is 500 g/mol. The van der Waals surface area contributed by atoms with Crippen LogP contribution in [0.15, 0.2) is 53.7 Å². The number of hydrogen-bond donors (Lipinski definition) is 1. The van der Waals surface area contributed by atoms with Crippen molar-refractivity contribution < 1.29 is 17.5 Å². The first-order valence-electron chi connectivity index (χ1n) is 10.9. The molecule has 3 aromatic rings. The van der Waals surface area contributed by atoms with Crippen molar-refractivity contribution in [2.24, 2.45) is 5.92 Å². The van der Waals surface area contributed by atoms with Crippen LogP contribution in [0, 0.1) is 23.1 Å². The summed E-state index contributed by atoms with van der Waals surface area (Å²) in [6.07, 6.45) is 3.43. The van der Waals surface area contributed by atoms with Crippen molar-refractivity contribution >= 4 is 26.7 Å². The average Bonchev–Trinajstić information content (AvgIpc) is 3.36. The summed E-state index contributed by atoms with van der Waals surface area (Å²) < 4.78 is 51.3. The van der Waals surface area contributed by atoms with Crippen LogP contribution in [0.1, 0.15) is 42.5 Å². The van der Waals surface area contributed by atoms with Gasteiger partial charge in [0.2, 0.25) is 5.13 Å². The molecule has 0 saturated carbocycles. The van der Waals surface area contributed by atoms with E-state index in [4.69, 9.17) is 4.74 Å². The van der Waals surface area contributed by atoms with E-state index in [1.165, 1.54) is 18.5 Å². The van der Waals surface area contributed by atoms with Gasteiger partial charge in [-0.3, -0.25) is 9.62 Å². The molecular formula is C23H22FN5O3S2. The Hall–Kier alpha value is -3.07. The Morgan fingerprint density at radius 2 is 2.00 bits per heavy atom. The third-order valence-corrected chi connectivity index (χ3v) is 8.41. The molecule has 2 aromatic carbocycles. The van der Waals surface area contributed by atoms with Crippen molar-refractivity contribution in [1.29, 1.82) is 5.26 Å². The summed E-state index contributed by atoms with van der Waals surface area (Å²) in [5.74, 6) is 0.163. The molecule has 1 aromatic heterocycles. The first kappa shape index (κ1) is 22.7. The summed E-state index contributed by atoms with van der Waals surface area (Å²) in [5.41, 5.74) is 1.87. The highest BCUT2D eigenvalue weighted by Gasteiger charge is 2.37. The number of anilines is 1. The second-order valence-corrected chi connectivity index (χ2v) is 10.8. The van der Waals surface area contributed by atoms with Gasteiger partial charge in [0.25, 0.3) is 10.0 Å². The number of benzene rings is 2. The number of aromatic nitrogens is 2.